The summed E-state index contributed by atoms with van der Waals surface area (Å²) >= 11 is 0. The van der Waals surface area contributed by atoms with Crippen LogP contribution >= 0.6 is 0 Å². The second-order valence-corrected chi connectivity index (χ2v) is 9.19. The van der Waals surface area contributed by atoms with Gasteiger partial charge in [0.05, 0.1) is 6.04 Å². The number of hydrogen-bond acceptors (Lipinski definition) is 4. The van der Waals surface area contributed by atoms with E-state index < -0.39 is 12.0 Å². The summed E-state index contributed by atoms with van der Waals surface area (Å²) in [5.41, 5.74) is 2.22. The van der Waals surface area contributed by atoms with Gasteiger partial charge in [-0.15, -0.1) is 0 Å². The minimum atomic E-state index is -0.709. The summed E-state index contributed by atoms with van der Waals surface area (Å²) in [6.07, 6.45) is 5.38. The predicted molar refractivity (Wildman–Crippen MR) is 125 cm³/mol. The van der Waals surface area contributed by atoms with Crippen LogP contribution in [0.25, 0.3) is 12.2 Å². The van der Waals surface area contributed by atoms with Crippen LogP contribution in [-0.2, 0) is 16.1 Å². The molecule has 33 heavy (non-hydrogen) atoms. The molecule has 3 heterocycles. The number of carbonyl (C=O) groups is 2. The van der Waals surface area contributed by atoms with Crippen molar-refractivity contribution in [3.63, 3.8) is 0 Å². The molecule has 1 aliphatic carbocycles. The fraction of sp³-hybridized carbons (Fsp3) is 0.423. The van der Waals surface area contributed by atoms with Crippen LogP contribution in [-0.4, -0.2) is 45.6 Å². The van der Waals surface area contributed by atoms with Gasteiger partial charge in [0.25, 0.3) is 5.56 Å². The van der Waals surface area contributed by atoms with E-state index in [-0.39, 0.29) is 41.9 Å². The van der Waals surface area contributed by atoms with E-state index in [0.29, 0.717) is 18.7 Å². The number of rotatable bonds is 6. The van der Waals surface area contributed by atoms with Crippen molar-refractivity contribution in [1.29, 1.82) is 0 Å². The van der Waals surface area contributed by atoms with Gasteiger partial charge in [-0.05, 0) is 43.5 Å². The summed E-state index contributed by atoms with van der Waals surface area (Å²) < 4.78 is 1.73. The van der Waals surface area contributed by atoms with Crippen molar-refractivity contribution in [2.45, 2.75) is 38.4 Å². The third kappa shape index (κ3) is 3.70. The van der Waals surface area contributed by atoms with Gasteiger partial charge in [-0.1, -0.05) is 36.4 Å². The number of aromatic nitrogens is 1. The number of fused-ring (bicyclic) bond motifs is 3. The molecule has 172 valence electrons. The van der Waals surface area contributed by atoms with Gasteiger partial charge in [0, 0.05) is 48.7 Å². The van der Waals surface area contributed by atoms with Crippen LogP contribution in [0.4, 0.5) is 0 Å². The maximum atomic E-state index is 13.3. The molecular weight excluding hydrogens is 418 g/mol. The lowest BCUT2D eigenvalue weighted by molar-refractivity contribution is -0.142. The van der Waals surface area contributed by atoms with E-state index in [0.717, 1.165) is 24.1 Å². The highest BCUT2D eigenvalue weighted by molar-refractivity contribution is 5.91. The van der Waals surface area contributed by atoms with Crippen molar-refractivity contribution in [3.05, 3.63) is 69.6 Å². The van der Waals surface area contributed by atoms with Crippen molar-refractivity contribution >= 4 is 24.0 Å². The zero-order valence-corrected chi connectivity index (χ0v) is 18.7. The molecule has 2 N–H and O–H groups in total. The average Bonchev–Trinajstić information content (AvgIpc) is 3.53. The molecule has 0 bridgehead atoms. The monoisotopic (exact) mass is 447 g/mol. The molecule has 1 aromatic carbocycles. The van der Waals surface area contributed by atoms with Gasteiger partial charge in [-0.3, -0.25) is 14.4 Å². The lowest BCUT2D eigenvalue weighted by atomic mass is 9.88. The van der Waals surface area contributed by atoms with Crippen molar-refractivity contribution in [2.75, 3.05) is 13.2 Å². The molecule has 2 aromatic rings. The summed E-state index contributed by atoms with van der Waals surface area (Å²) in [4.78, 5) is 41.3. The number of hydrogen-bond donors (Lipinski definition) is 2. The topological polar surface area (TPSA) is 91.6 Å². The van der Waals surface area contributed by atoms with Gasteiger partial charge in [0.15, 0.2) is 0 Å². The summed E-state index contributed by atoms with van der Waals surface area (Å²) in [5.74, 6) is -0.908. The number of carbonyl (C=O) groups excluding carboxylic acids is 2. The molecule has 1 aromatic heterocycles. The molecule has 2 fully saturated rings. The van der Waals surface area contributed by atoms with Crippen molar-refractivity contribution < 1.29 is 14.7 Å². The lowest BCUT2D eigenvalue weighted by Crippen LogP contribution is -2.50. The second-order valence-electron chi connectivity index (χ2n) is 9.19. The third-order valence-electron chi connectivity index (χ3n) is 7.16. The predicted octanol–water partition coefficient (Wildman–Crippen LogP) is 2.05. The maximum Gasteiger partial charge on any atom is 0.258 e. The molecule has 0 spiro atoms. The molecule has 7 heteroatoms. The van der Waals surface area contributed by atoms with Crippen LogP contribution in [0.3, 0.4) is 0 Å². The number of nitrogens with zero attached hydrogens (tertiary/aromatic N) is 2. The highest BCUT2D eigenvalue weighted by atomic mass is 16.3. The Morgan fingerprint density at radius 3 is 2.55 bits per heavy atom. The Kier molecular flexibility index (Phi) is 5.66. The van der Waals surface area contributed by atoms with Crippen molar-refractivity contribution in [2.24, 2.45) is 17.8 Å². The van der Waals surface area contributed by atoms with Crippen LogP contribution < -0.4 is 10.9 Å². The molecule has 0 unspecified atom stereocenters. The normalized spacial score (nSPS) is 25.8. The first-order chi connectivity index (χ1) is 16.0. The minimum absolute atomic E-state index is 0.0360. The maximum absolute atomic E-state index is 13.3. The van der Waals surface area contributed by atoms with E-state index in [4.69, 9.17) is 0 Å². The summed E-state index contributed by atoms with van der Waals surface area (Å²) in [7, 11) is 0. The van der Waals surface area contributed by atoms with E-state index >= 15 is 0 Å². The summed E-state index contributed by atoms with van der Waals surface area (Å²) in [6.45, 7) is 2.48. The molecule has 5 rings (SSSR count). The van der Waals surface area contributed by atoms with Gasteiger partial charge in [-0.25, -0.2) is 0 Å². The molecule has 3 aliphatic rings. The Balaban J connectivity index is 1.53. The molecule has 2 aliphatic heterocycles. The number of pyridine rings is 1. The van der Waals surface area contributed by atoms with Gasteiger partial charge >= 0.3 is 0 Å². The lowest BCUT2D eigenvalue weighted by Gasteiger charge is -2.31. The molecule has 4 atom stereocenters. The Labute approximate surface area is 192 Å². The largest absolute Gasteiger partial charge is 0.396 e. The minimum Gasteiger partial charge on any atom is -0.396 e. The van der Waals surface area contributed by atoms with E-state index in [1.54, 1.807) is 15.5 Å². The van der Waals surface area contributed by atoms with Crippen LogP contribution in [0.15, 0.2) is 47.3 Å². The smallest absolute Gasteiger partial charge is 0.258 e. The quantitative estimate of drug-likeness (QED) is 0.709. The highest BCUT2D eigenvalue weighted by Gasteiger charge is 2.58. The first-order valence-electron chi connectivity index (χ1n) is 11.7. The number of amides is 2. The number of nitrogens with one attached hydrogen (secondary N) is 1. The first-order valence-corrected chi connectivity index (χ1v) is 11.7. The van der Waals surface area contributed by atoms with Gasteiger partial charge in [-0.2, -0.15) is 0 Å². The molecule has 0 radical (unpaired) electrons. The van der Waals surface area contributed by atoms with Crippen LogP contribution in [0.1, 0.15) is 42.6 Å². The summed E-state index contributed by atoms with van der Waals surface area (Å²) in [6, 6.07) is 12.4. The van der Waals surface area contributed by atoms with Crippen LogP contribution in [0.2, 0.25) is 0 Å². The Bertz CT molecular complexity index is 1150. The number of benzene rings is 1. The zero-order chi connectivity index (χ0) is 23.1. The second kappa shape index (κ2) is 8.63. The Morgan fingerprint density at radius 2 is 1.88 bits per heavy atom. The highest BCUT2D eigenvalue weighted by Crippen LogP contribution is 2.51. The zero-order valence-electron chi connectivity index (χ0n) is 18.7. The summed E-state index contributed by atoms with van der Waals surface area (Å²) in [5, 5.41) is 13.1. The van der Waals surface area contributed by atoms with E-state index in [1.807, 2.05) is 55.5 Å². The Morgan fingerprint density at radius 1 is 1.12 bits per heavy atom. The van der Waals surface area contributed by atoms with E-state index in [9.17, 15) is 19.5 Å². The SMILES string of the molecule is CCNC(=O)[C@@H]1[C@@H](CO)[C@@H]2Cn3c(ccc(/C=C/c4ccccc4)c3=O)[C@@H]2N1C(=O)C1CC1. The average molecular weight is 448 g/mol. The molecule has 1 saturated carbocycles. The Hall–Kier alpha value is -3.19. The van der Waals surface area contributed by atoms with Crippen molar-refractivity contribution in [3.8, 4) is 0 Å². The molecule has 7 nitrogen and oxygen atoms in total. The van der Waals surface area contributed by atoms with Crippen LogP contribution in [0.5, 0.6) is 0 Å². The van der Waals surface area contributed by atoms with Gasteiger partial charge in [0.2, 0.25) is 11.8 Å². The fourth-order valence-corrected chi connectivity index (χ4v) is 5.44. The van der Waals surface area contributed by atoms with Crippen LogP contribution in [0, 0.1) is 17.8 Å². The molecular formula is C26H29N3O4. The standard InChI is InChI=1S/C26H29N3O4/c1-2-27-24(31)23-20(15-30)19-14-28-21(22(19)29(23)26(33)18-10-11-18)13-12-17(25(28)32)9-8-16-6-4-3-5-7-16/h3-9,12-13,18-20,22-23,30H,2,10-11,14-15H2,1H3,(H,27,31)/b9-8+/t19-,20-,22+,23-/m0/s1. The third-order valence-corrected chi connectivity index (χ3v) is 7.16. The molecule has 1 saturated heterocycles. The van der Waals surface area contributed by atoms with E-state index in [2.05, 4.69) is 5.32 Å². The van der Waals surface area contributed by atoms with E-state index in [1.165, 1.54) is 0 Å². The fourth-order valence-electron chi connectivity index (χ4n) is 5.44. The number of aliphatic hydroxyl groups excluding tert-OH is 1. The van der Waals surface area contributed by atoms with Gasteiger partial charge < -0.3 is 19.9 Å². The molecule has 2 amide bonds. The number of likely N-dealkylation sites (tertiary alicyclic amines) is 1. The van der Waals surface area contributed by atoms with Gasteiger partial charge in [0.1, 0.15) is 6.04 Å². The first kappa shape index (κ1) is 21.6. The number of likely N-dealkylation sites (N-methyl/N-ethyl adjacent to an activating group) is 1. The number of aliphatic hydroxyl groups is 1. The van der Waals surface area contributed by atoms with Crippen molar-refractivity contribution in [1.82, 2.24) is 14.8 Å².